The van der Waals surface area contributed by atoms with Gasteiger partial charge >= 0.3 is 0 Å². The number of amides is 2. The quantitative estimate of drug-likeness (QED) is 0.890. The van der Waals surface area contributed by atoms with Gasteiger partial charge in [-0.2, -0.15) is 0 Å². The van der Waals surface area contributed by atoms with Gasteiger partial charge in [0.25, 0.3) is 0 Å². The van der Waals surface area contributed by atoms with Crippen LogP contribution < -0.4 is 10.2 Å². The van der Waals surface area contributed by atoms with Crippen LogP contribution in [0.1, 0.15) is 19.1 Å². The zero-order valence-electron chi connectivity index (χ0n) is 12.2. The largest absolute Gasteiger partial charge is 0.467 e. The number of hydrogen-bond donors (Lipinski definition) is 1. The van der Waals surface area contributed by atoms with Gasteiger partial charge < -0.3 is 14.6 Å². The molecule has 1 heterocycles. The number of nitrogens with zero attached hydrogens (tertiary/aromatic N) is 1. The van der Waals surface area contributed by atoms with Gasteiger partial charge in [-0.15, -0.1) is 0 Å². The molecule has 1 aromatic carbocycles. The van der Waals surface area contributed by atoms with E-state index < -0.39 is 0 Å². The summed E-state index contributed by atoms with van der Waals surface area (Å²) in [6.07, 6.45) is 1.77. The second kappa shape index (κ2) is 7.66. The van der Waals surface area contributed by atoms with Crippen LogP contribution in [0.2, 0.25) is 5.02 Å². The van der Waals surface area contributed by atoms with E-state index in [2.05, 4.69) is 5.32 Å². The lowest BCUT2D eigenvalue weighted by atomic mass is 10.2. The summed E-state index contributed by atoms with van der Waals surface area (Å²) < 4.78 is 5.14. The monoisotopic (exact) mass is 320 g/mol. The molecule has 0 atom stereocenters. The van der Waals surface area contributed by atoms with Gasteiger partial charge in [0.1, 0.15) is 5.76 Å². The second-order valence-electron chi connectivity index (χ2n) is 4.75. The van der Waals surface area contributed by atoms with Crippen LogP contribution in [0.4, 0.5) is 5.69 Å². The molecule has 0 unspecified atom stereocenters. The van der Waals surface area contributed by atoms with Crippen LogP contribution in [-0.2, 0) is 16.1 Å². The lowest BCUT2D eigenvalue weighted by Crippen LogP contribution is -2.33. The van der Waals surface area contributed by atoms with Crippen molar-refractivity contribution in [1.29, 1.82) is 0 Å². The molecule has 0 spiro atoms. The Morgan fingerprint density at radius 1 is 1.23 bits per heavy atom. The Hall–Kier alpha value is -2.27. The maximum Gasteiger partial charge on any atom is 0.223 e. The molecule has 6 heteroatoms. The summed E-state index contributed by atoms with van der Waals surface area (Å²) in [5.41, 5.74) is 0.718. The van der Waals surface area contributed by atoms with Crippen LogP contribution in [0.5, 0.6) is 0 Å². The van der Waals surface area contributed by atoms with Crippen molar-refractivity contribution >= 4 is 29.1 Å². The van der Waals surface area contributed by atoms with Crippen molar-refractivity contribution in [3.63, 3.8) is 0 Å². The third-order valence-corrected chi connectivity index (χ3v) is 3.37. The van der Waals surface area contributed by atoms with E-state index in [1.54, 1.807) is 47.6 Å². The van der Waals surface area contributed by atoms with Gasteiger partial charge in [0, 0.05) is 30.6 Å². The SMILES string of the molecule is CC(=O)N(CCC(=O)NCc1ccco1)c1ccc(Cl)cc1. The van der Waals surface area contributed by atoms with E-state index >= 15 is 0 Å². The summed E-state index contributed by atoms with van der Waals surface area (Å²) in [7, 11) is 0. The van der Waals surface area contributed by atoms with Gasteiger partial charge in [0.05, 0.1) is 12.8 Å². The molecule has 0 bridgehead atoms. The lowest BCUT2D eigenvalue weighted by Gasteiger charge is -2.21. The van der Waals surface area contributed by atoms with Crippen LogP contribution in [-0.4, -0.2) is 18.4 Å². The van der Waals surface area contributed by atoms with Gasteiger partial charge in [-0.25, -0.2) is 0 Å². The van der Waals surface area contributed by atoms with E-state index in [1.165, 1.54) is 6.92 Å². The van der Waals surface area contributed by atoms with E-state index in [-0.39, 0.29) is 18.2 Å². The molecule has 1 aromatic heterocycles. The third-order valence-electron chi connectivity index (χ3n) is 3.12. The van der Waals surface area contributed by atoms with Crippen molar-refractivity contribution in [3.8, 4) is 0 Å². The van der Waals surface area contributed by atoms with Crippen LogP contribution >= 0.6 is 11.6 Å². The molecular formula is C16H17ClN2O3. The molecule has 0 aliphatic carbocycles. The molecule has 0 saturated heterocycles. The van der Waals surface area contributed by atoms with Crippen molar-refractivity contribution in [3.05, 3.63) is 53.4 Å². The molecule has 2 amide bonds. The zero-order chi connectivity index (χ0) is 15.9. The summed E-state index contributed by atoms with van der Waals surface area (Å²) in [6, 6.07) is 10.5. The number of hydrogen-bond acceptors (Lipinski definition) is 3. The Morgan fingerprint density at radius 2 is 1.95 bits per heavy atom. The predicted molar refractivity (Wildman–Crippen MR) is 84.7 cm³/mol. The van der Waals surface area contributed by atoms with E-state index in [4.69, 9.17) is 16.0 Å². The van der Waals surface area contributed by atoms with Crippen LogP contribution in [0, 0.1) is 0 Å². The van der Waals surface area contributed by atoms with Gasteiger partial charge in [-0.05, 0) is 36.4 Å². The maximum atomic E-state index is 11.8. The number of benzene rings is 1. The second-order valence-corrected chi connectivity index (χ2v) is 5.19. The fraction of sp³-hybridized carbons (Fsp3) is 0.250. The lowest BCUT2D eigenvalue weighted by molar-refractivity contribution is -0.121. The Bertz CT molecular complexity index is 623. The number of halogens is 1. The first-order chi connectivity index (χ1) is 10.6. The normalized spacial score (nSPS) is 10.3. The summed E-state index contributed by atoms with van der Waals surface area (Å²) in [4.78, 5) is 25.1. The van der Waals surface area contributed by atoms with Gasteiger partial charge in [-0.1, -0.05) is 11.6 Å². The first kappa shape index (κ1) is 16.1. The minimum absolute atomic E-state index is 0.124. The van der Waals surface area contributed by atoms with E-state index in [9.17, 15) is 9.59 Å². The Morgan fingerprint density at radius 3 is 2.55 bits per heavy atom. The Kier molecular flexibility index (Phi) is 5.61. The van der Waals surface area contributed by atoms with Crippen molar-refractivity contribution < 1.29 is 14.0 Å². The van der Waals surface area contributed by atoms with Crippen molar-refractivity contribution in [2.45, 2.75) is 19.9 Å². The first-order valence-corrected chi connectivity index (χ1v) is 7.27. The number of nitrogens with one attached hydrogen (secondary N) is 1. The molecule has 0 aliphatic rings. The molecule has 5 nitrogen and oxygen atoms in total. The highest BCUT2D eigenvalue weighted by molar-refractivity contribution is 6.30. The topological polar surface area (TPSA) is 62.6 Å². The smallest absolute Gasteiger partial charge is 0.223 e. The molecule has 0 saturated carbocycles. The Balaban J connectivity index is 1.87. The third kappa shape index (κ3) is 4.63. The van der Waals surface area contributed by atoms with Crippen molar-refractivity contribution in [1.82, 2.24) is 5.32 Å². The van der Waals surface area contributed by atoms with Gasteiger partial charge in [-0.3, -0.25) is 9.59 Å². The van der Waals surface area contributed by atoms with Crippen LogP contribution in [0.15, 0.2) is 47.1 Å². The number of furan rings is 1. The molecular weight excluding hydrogens is 304 g/mol. The molecule has 0 aliphatic heterocycles. The number of carbonyl (C=O) groups is 2. The minimum atomic E-state index is -0.142. The Labute approximate surface area is 133 Å². The first-order valence-electron chi connectivity index (χ1n) is 6.89. The molecule has 2 aromatic rings. The van der Waals surface area contributed by atoms with Crippen LogP contribution in [0.3, 0.4) is 0 Å². The van der Waals surface area contributed by atoms with Gasteiger partial charge in [0.2, 0.25) is 11.8 Å². The summed E-state index contributed by atoms with van der Waals surface area (Å²) in [6.45, 7) is 2.11. The predicted octanol–water partition coefficient (Wildman–Crippen LogP) is 2.99. The van der Waals surface area contributed by atoms with E-state index in [0.29, 0.717) is 23.9 Å². The number of carbonyl (C=O) groups excluding carboxylic acids is 2. The number of anilines is 1. The average molecular weight is 321 g/mol. The molecule has 1 N–H and O–H groups in total. The fourth-order valence-corrected chi connectivity index (χ4v) is 2.12. The highest BCUT2D eigenvalue weighted by atomic mass is 35.5. The van der Waals surface area contributed by atoms with Crippen molar-refractivity contribution in [2.75, 3.05) is 11.4 Å². The fourth-order valence-electron chi connectivity index (χ4n) is 1.99. The maximum absolute atomic E-state index is 11.8. The highest BCUT2D eigenvalue weighted by Gasteiger charge is 2.13. The summed E-state index contributed by atoms with van der Waals surface area (Å²) in [5.74, 6) is 0.423. The molecule has 0 fully saturated rings. The van der Waals surface area contributed by atoms with Gasteiger partial charge in [0.15, 0.2) is 0 Å². The molecule has 2 rings (SSSR count). The standard InChI is InChI=1S/C16H17ClN2O3/c1-12(20)19(14-6-4-13(17)5-7-14)9-8-16(21)18-11-15-3-2-10-22-15/h2-7,10H,8-9,11H2,1H3,(H,18,21). The molecule has 22 heavy (non-hydrogen) atoms. The number of rotatable bonds is 6. The average Bonchev–Trinajstić information content (AvgIpc) is 3.00. The summed E-state index contributed by atoms with van der Waals surface area (Å²) in [5, 5.41) is 3.35. The molecule has 116 valence electrons. The minimum Gasteiger partial charge on any atom is -0.467 e. The molecule has 0 radical (unpaired) electrons. The zero-order valence-corrected chi connectivity index (χ0v) is 13.0. The van der Waals surface area contributed by atoms with E-state index in [0.717, 1.165) is 5.69 Å². The highest BCUT2D eigenvalue weighted by Crippen LogP contribution is 2.18. The van der Waals surface area contributed by atoms with E-state index in [1.807, 2.05) is 0 Å². The summed E-state index contributed by atoms with van der Waals surface area (Å²) >= 11 is 5.84. The van der Waals surface area contributed by atoms with Crippen LogP contribution in [0.25, 0.3) is 0 Å². The van der Waals surface area contributed by atoms with Crippen molar-refractivity contribution in [2.24, 2.45) is 0 Å².